The Labute approximate surface area is 186 Å². The summed E-state index contributed by atoms with van der Waals surface area (Å²) >= 11 is 0. The first-order valence-corrected chi connectivity index (χ1v) is 11.8. The summed E-state index contributed by atoms with van der Waals surface area (Å²) in [5.41, 5.74) is 6.21. The van der Waals surface area contributed by atoms with E-state index >= 15 is 0 Å². The van der Waals surface area contributed by atoms with Crippen molar-refractivity contribution in [2.45, 2.75) is 65.2 Å². The molecule has 0 radical (unpaired) electrons. The molecular formula is C29H34O2. The Hall–Kier alpha value is -2.48. The van der Waals surface area contributed by atoms with Crippen LogP contribution in [0.4, 0.5) is 0 Å². The molecule has 1 fully saturated rings. The molecule has 0 amide bonds. The maximum atomic E-state index is 12.6. The highest BCUT2D eigenvalue weighted by atomic mass is 16.1. The van der Waals surface area contributed by atoms with Crippen molar-refractivity contribution < 1.29 is 9.59 Å². The minimum Gasteiger partial charge on any atom is -0.299 e. The number of carbonyl (C=O) groups excluding carboxylic acids is 2. The average Bonchev–Trinajstić information content (AvgIpc) is 3.15. The van der Waals surface area contributed by atoms with Crippen LogP contribution in [0.2, 0.25) is 0 Å². The van der Waals surface area contributed by atoms with Crippen molar-refractivity contribution in [3.63, 3.8) is 0 Å². The smallest absolute Gasteiger partial charge is 0.159 e. The molecule has 0 N–H and O–H groups in total. The highest BCUT2D eigenvalue weighted by Crippen LogP contribution is 2.52. The van der Waals surface area contributed by atoms with Gasteiger partial charge >= 0.3 is 0 Å². The number of Topliss-reactive ketones (excluding diaryl/α,β-unsaturated/α-hetero) is 2. The fourth-order valence-corrected chi connectivity index (χ4v) is 5.72. The van der Waals surface area contributed by atoms with Gasteiger partial charge in [0, 0.05) is 17.4 Å². The number of carbonyl (C=O) groups is 2. The van der Waals surface area contributed by atoms with Gasteiger partial charge in [-0.15, -0.1) is 0 Å². The fourth-order valence-electron chi connectivity index (χ4n) is 5.72. The minimum atomic E-state index is -0.00871. The molecule has 162 valence electrons. The van der Waals surface area contributed by atoms with Gasteiger partial charge in [0.1, 0.15) is 5.78 Å². The van der Waals surface area contributed by atoms with Crippen LogP contribution < -0.4 is 0 Å². The molecule has 4 unspecified atom stereocenters. The Morgan fingerprint density at radius 1 is 0.935 bits per heavy atom. The van der Waals surface area contributed by atoms with Crippen LogP contribution in [0.25, 0.3) is 0 Å². The second kappa shape index (κ2) is 8.94. The zero-order valence-electron chi connectivity index (χ0n) is 19.2. The van der Waals surface area contributed by atoms with Gasteiger partial charge in [0.25, 0.3) is 0 Å². The number of benzene rings is 2. The lowest BCUT2D eigenvalue weighted by Gasteiger charge is -2.34. The van der Waals surface area contributed by atoms with Crippen molar-refractivity contribution in [3.8, 4) is 0 Å². The van der Waals surface area contributed by atoms with E-state index in [1.165, 1.54) is 41.5 Å². The van der Waals surface area contributed by atoms with Crippen LogP contribution in [-0.4, -0.2) is 11.6 Å². The molecule has 0 aromatic heterocycles. The summed E-state index contributed by atoms with van der Waals surface area (Å²) in [6.07, 6.45) is 6.88. The van der Waals surface area contributed by atoms with Crippen LogP contribution in [0.3, 0.4) is 0 Å². The third-order valence-electron chi connectivity index (χ3n) is 7.46. The van der Waals surface area contributed by atoms with Gasteiger partial charge in [0.2, 0.25) is 0 Å². The molecule has 0 saturated heterocycles. The van der Waals surface area contributed by atoms with Crippen LogP contribution in [0.1, 0.15) is 85.8 Å². The van der Waals surface area contributed by atoms with Crippen molar-refractivity contribution in [3.05, 3.63) is 82.4 Å². The third kappa shape index (κ3) is 4.44. The van der Waals surface area contributed by atoms with Crippen molar-refractivity contribution in [2.24, 2.45) is 17.8 Å². The molecule has 0 heterocycles. The largest absolute Gasteiger partial charge is 0.299 e. The van der Waals surface area contributed by atoms with E-state index in [1.54, 1.807) is 13.8 Å². The molecule has 0 spiro atoms. The van der Waals surface area contributed by atoms with Gasteiger partial charge in [0.05, 0.1) is 0 Å². The maximum Gasteiger partial charge on any atom is 0.159 e. The first-order valence-electron chi connectivity index (χ1n) is 11.8. The van der Waals surface area contributed by atoms with Gasteiger partial charge in [0.15, 0.2) is 5.78 Å². The molecule has 4 rings (SSSR count). The summed E-state index contributed by atoms with van der Waals surface area (Å²) < 4.78 is 0. The second-order valence-electron chi connectivity index (χ2n) is 9.84. The van der Waals surface area contributed by atoms with E-state index in [2.05, 4.69) is 56.3 Å². The molecule has 2 nitrogen and oxygen atoms in total. The first kappa shape index (κ1) is 21.7. The Kier molecular flexibility index (Phi) is 6.27. The summed E-state index contributed by atoms with van der Waals surface area (Å²) in [5, 5.41) is 0. The van der Waals surface area contributed by atoms with E-state index in [4.69, 9.17) is 0 Å². The second-order valence-corrected chi connectivity index (χ2v) is 9.84. The number of allylic oxidation sites excluding steroid dienone is 2. The summed E-state index contributed by atoms with van der Waals surface area (Å²) in [4.78, 5) is 24.2. The van der Waals surface area contributed by atoms with Crippen LogP contribution in [0, 0.1) is 17.8 Å². The topological polar surface area (TPSA) is 34.1 Å². The Bertz CT molecular complexity index is 978. The van der Waals surface area contributed by atoms with Crippen molar-refractivity contribution in [2.75, 3.05) is 0 Å². The summed E-state index contributed by atoms with van der Waals surface area (Å²) in [6.45, 7) is 7.80. The monoisotopic (exact) mass is 414 g/mol. The molecule has 2 aromatic carbocycles. The normalized spacial score (nSPS) is 25.3. The highest BCUT2D eigenvalue weighted by Gasteiger charge is 2.43. The molecule has 2 aliphatic carbocycles. The lowest BCUT2D eigenvalue weighted by atomic mass is 9.70. The van der Waals surface area contributed by atoms with E-state index in [9.17, 15) is 9.59 Å². The van der Waals surface area contributed by atoms with Gasteiger partial charge < -0.3 is 0 Å². The lowest BCUT2D eigenvalue weighted by molar-refractivity contribution is -0.120. The van der Waals surface area contributed by atoms with Gasteiger partial charge in [-0.05, 0) is 67.6 Å². The van der Waals surface area contributed by atoms with Crippen LogP contribution >= 0.6 is 0 Å². The fraction of sp³-hybridized carbons (Fsp3) is 0.448. The molecule has 31 heavy (non-hydrogen) atoms. The molecule has 4 atom stereocenters. The third-order valence-corrected chi connectivity index (χ3v) is 7.46. The number of ketones is 2. The van der Waals surface area contributed by atoms with E-state index in [0.717, 1.165) is 12.0 Å². The SMILES string of the molecule is CC(=O)c1ccc(CC2CCCC3C2=CC(C(C)=O)C3c2ccc(C(C)C)cc2)cc1. The number of rotatable bonds is 6. The summed E-state index contributed by atoms with van der Waals surface area (Å²) in [6, 6.07) is 17.1. The van der Waals surface area contributed by atoms with Crippen molar-refractivity contribution in [1.82, 2.24) is 0 Å². The molecule has 0 aliphatic heterocycles. The predicted molar refractivity (Wildman–Crippen MR) is 127 cm³/mol. The molecular weight excluding hydrogens is 380 g/mol. The maximum absolute atomic E-state index is 12.6. The minimum absolute atomic E-state index is 0.00871. The summed E-state index contributed by atoms with van der Waals surface area (Å²) in [7, 11) is 0. The van der Waals surface area contributed by atoms with Gasteiger partial charge in [-0.2, -0.15) is 0 Å². The van der Waals surface area contributed by atoms with Crippen LogP contribution in [0.5, 0.6) is 0 Å². The Balaban J connectivity index is 1.59. The molecule has 1 saturated carbocycles. The molecule has 2 aliphatic rings. The van der Waals surface area contributed by atoms with Gasteiger partial charge in [-0.25, -0.2) is 0 Å². The quantitative estimate of drug-likeness (QED) is 0.380. The van der Waals surface area contributed by atoms with E-state index < -0.39 is 0 Å². The average molecular weight is 415 g/mol. The van der Waals surface area contributed by atoms with E-state index in [-0.39, 0.29) is 23.4 Å². The van der Waals surface area contributed by atoms with Gasteiger partial charge in [-0.1, -0.05) is 80.4 Å². The zero-order chi connectivity index (χ0) is 22.1. The molecule has 2 heteroatoms. The van der Waals surface area contributed by atoms with Crippen LogP contribution in [0.15, 0.2) is 60.2 Å². The lowest BCUT2D eigenvalue weighted by Crippen LogP contribution is -2.25. The van der Waals surface area contributed by atoms with Crippen molar-refractivity contribution >= 4 is 11.6 Å². The van der Waals surface area contributed by atoms with E-state index in [0.29, 0.717) is 17.8 Å². The highest BCUT2D eigenvalue weighted by molar-refractivity contribution is 5.94. The Morgan fingerprint density at radius 2 is 1.61 bits per heavy atom. The number of hydrogen-bond acceptors (Lipinski definition) is 2. The summed E-state index contributed by atoms with van der Waals surface area (Å²) in [5.74, 6) is 2.13. The number of hydrogen-bond donors (Lipinski definition) is 0. The van der Waals surface area contributed by atoms with E-state index in [1.807, 2.05) is 12.1 Å². The Morgan fingerprint density at radius 3 is 2.19 bits per heavy atom. The first-order chi connectivity index (χ1) is 14.8. The van der Waals surface area contributed by atoms with Gasteiger partial charge in [-0.3, -0.25) is 9.59 Å². The zero-order valence-corrected chi connectivity index (χ0v) is 19.2. The predicted octanol–water partition coefficient (Wildman–Crippen LogP) is 6.90. The van der Waals surface area contributed by atoms with Crippen LogP contribution in [-0.2, 0) is 11.2 Å². The van der Waals surface area contributed by atoms with Crippen molar-refractivity contribution in [1.29, 1.82) is 0 Å². The standard InChI is InChI=1S/C29H34O2/c1-18(2)22-12-14-24(15-13-22)29-26-7-5-6-25(28(26)17-27(29)20(4)31)16-21-8-10-23(11-9-21)19(3)30/h8-15,17-18,25-27,29H,5-7,16H2,1-4H3. The molecule has 0 bridgehead atoms. The molecule has 2 aromatic rings. The number of fused-ring (bicyclic) bond motifs is 1.